The minimum absolute atomic E-state index is 0.115. The number of fused-ring (bicyclic) bond motifs is 3. The molecule has 0 fully saturated rings. The van der Waals surface area contributed by atoms with Gasteiger partial charge in [-0.15, -0.1) is 0 Å². The Morgan fingerprint density at radius 2 is 1.81 bits per heavy atom. The van der Waals surface area contributed by atoms with Crippen molar-refractivity contribution in [1.29, 1.82) is 0 Å². The van der Waals surface area contributed by atoms with E-state index in [1.807, 2.05) is 61.5 Å². The molecule has 5 rings (SSSR count). The van der Waals surface area contributed by atoms with Gasteiger partial charge in [0.1, 0.15) is 11.5 Å². The number of nitrogens with two attached hydrogens (primary N) is 1. The standard InChI is InChI=1S/C20H20ClN3O2.C8H8O2/c1-24-9-8-15-16-10-13(21)4-7-17(16)23-19(15)20(24)12-2-5-14(6-3-12)26-11-18(22)25;1-7-2-4-8(5-3-7)10-6-9/h2-7,10,20,23H,8-9,11H2,1H3,(H2,22,25);2-6H,1H3. The van der Waals surface area contributed by atoms with E-state index in [0.29, 0.717) is 18.0 Å². The maximum Gasteiger partial charge on any atom is 0.298 e. The first-order valence-corrected chi connectivity index (χ1v) is 11.9. The third kappa shape index (κ3) is 5.87. The van der Waals surface area contributed by atoms with E-state index < -0.39 is 5.91 Å². The lowest BCUT2D eigenvalue weighted by Gasteiger charge is -2.33. The third-order valence-corrected chi connectivity index (χ3v) is 6.35. The maximum absolute atomic E-state index is 10.9. The van der Waals surface area contributed by atoms with Crippen molar-refractivity contribution in [2.45, 2.75) is 19.4 Å². The fourth-order valence-corrected chi connectivity index (χ4v) is 4.55. The summed E-state index contributed by atoms with van der Waals surface area (Å²) in [5.41, 5.74) is 11.1. The zero-order valence-electron chi connectivity index (χ0n) is 20.2. The molecular formula is C28H28ClN3O4. The van der Waals surface area contributed by atoms with Crippen molar-refractivity contribution in [1.82, 2.24) is 9.88 Å². The number of primary amides is 1. The number of amides is 1. The summed E-state index contributed by atoms with van der Waals surface area (Å²) >= 11 is 6.20. The zero-order chi connectivity index (χ0) is 25.7. The lowest BCUT2D eigenvalue weighted by molar-refractivity contribution is -0.121. The molecule has 7 nitrogen and oxygen atoms in total. The average molecular weight is 506 g/mol. The molecule has 0 radical (unpaired) electrons. The van der Waals surface area contributed by atoms with Gasteiger partial charge in [0, 0.05) is 28.2 Å². The third-order valence-electron chi connectivity index (χ3n) is 6.11. The van der Waals surface area contributed by atoms with Crippen LogP contribution < -0.4 is 15.2 Å². The number of carbonyl (C=O) groups excluding carboxylic acids is 2. The zero-order valence-corrected chi connectivity index (χ0v) is 20.9. The molecule has 2 heterocycles. The second-order valence-corrected chi connectivity index (χ2v) is 9.13. The molecule has 4 aromatic rings. The van der Waals surface area contributed by atoms with Crippen LogP contribution in [0.4, 0.5) is 0 Å². The van der Waals surface area contributed by atoms with Crippen molar-refractivity contribution in [2.24, 2.45) is 5.73 Å². The van der Waals surface area contributed by atoms with Crippen LogP contribution in [-0.2, 0) is 16.0 Å². The number of aryl methyl sites for hydroxylation is 1. The number of nitrogens with zero attached hydrogens (tertiary/aromatic N) is 1. The second-order valence-electron chi connectivity index (χ2n) is 8.69. The number of H-pyrrole nitrogens is 1. The van der Waals surface area contributed by atoms with Crippen LogP contribution in [0.5, 0.6) is 11.5 Å². The maximum atomic E-state index is 10.9. The Balaban J connectivity index is 0.000000256. The predicted octanol–water partition coefficient (Wildman–Crippen LogP) is 4.79. The van der Waals surface area contributed by atoms with Gasteiger partial charge in [0.15, 0.2) is 6.61 Å². The topological polar surface area (TPSA) is 97.7 Å². The van der Waals surface area contributed by atoms with E-state index in [9.17, 15) is 9.59 Å². The smallest absolute Gasteiger partial charge is 0.298 e. The number of benzene rings is 3. The van der Waals surface area contributed by atoms with Crippen LogP contribution in [0.1, 0.15) is 28.4 Å². The molecule has 1 aliphatic rings. The van der Waals surface area contributed by atoms with Crippen molar-refractivity contribution < 1.29 is 19.1 Å². The van der Waals surface area contributed by atoms with Crippen molar-refractivity contribution in [3.05, 3.63) is 94.1 Å². The summed E-state index contributed by atoms with van der Waals surface area (Å²) in [4.78, 5) is 26.6. The Bertz CT molecular complexity index is 1350. The average Bonchev–Trinajstić information content (AvgIpc) is 3.22. The first kappa shape index (κ1) is 25.3. The molecule has 0 aliphatic carbocycles. The summed E-state index contributed by atoms with van der Waals surface area (Å²) in [6.07, 6.45) is 0.989. The molecule has 186 valence electrons. The highest BCUT2D eigenvalue weighted by Crippen LogP contribution is 2.38. The molecule has 0 saturated heterocycles. The van der Waals surface area contributed by atoms with Crippen molar-refractivity contribution in [3.8, 4) is 11.5 Å². The Kier molecular flexibility index (Phi) is 7.93. The first-order valence-electron chi connectivity index (χ1n) is 11.5. The van der Waals surface area contributed by atoms with Gasteiger partial charge in [-0.25, -0.2) is 0 Å². The first-order chi connectivity index (χ1) is 17.4. The van der Waals surface area contributed by atoms with E-state index in [0.717, 1.165) is 34.6 Å². The van der Waals surface area contributed by atoms with Crippen LogP contribution in [-0.4, -0.2) is 42.5 Å². The number of likely N-dealkylation sites (N-methyl/N-ethyl adjacent to an activating group) is 1. The molecule has 0 saturated carbocycles. The van der Waals surface area contributed by atoms with Crippen molar-refractivity contribution in [2.75, 3.05) is 20.2 Å². The number of aromatic amines is 1. The summed E-state index contributed by atoms with van der Waals surface area (Å²) in [5.74, 6) is 0.734. The minimum atomic E-state index is -0.484. The fourth-order valence-electron chi connectivity index (χ4n) is 4.38. The van der Waals surface area contributed by atoms with Crippen LogP contribution in [0, 0.1) is 6.92 Å². The van der Waals surface area contributed by atoms with Crippen LogP contribution in [0.2, 0.25) is 5.02 Å². The van der Waals surface area contributed by atoms with Crippen molar-refractivity contribution in [3.63, 3.8) is 0 Å². The van der Waals surface area contributed by atoms with Crippen LogP contribution in [0.15, 0.2) is 66.7 Å². The fraction of sp³-hybridized carbons (Fsp3) is 0.214. The predicted molar refractivity (Wildman–Crippen MR) is 140 cm³/mol. The highest BCUT2D eigenvalue weighted by Gasteiger charge is 2.29. The van der Waals surface area contributed by atoms with Gasteiger partial charge in [-0.1, -0.05) is 41.4 Å². The molecule has 1 unspecified atom stereocenters. The van der Waals surface area contributed by atoms with Crippen LogP contribution in [0.3, 0.4) is 0 Å². The molecule has 36 heavy (non-hydrogen) atoms. The Labute approximate surface area is 214 Å². The number of hydrogen-bond acceptors (Lipinski definition) is 5. The van der Waals surface area contributed by atoms with Crippen molar-refractivity contribution >= 4 is 34.9 Å². The molecule has 3 aromatic carbocycles. The summed E-state index contributed by atoms with van der Waals surface area (Å²) in [6.45, 7) is 3.25. The largest absolute Gasteiger partial charge is 0.484 e. The van der Waals surface area contributed by atoms with Gasteiger partial charge in [0.25, 0.3) is 12.4 Å². The van der Waals surface area contributed by atoms with Gasteiger partial charge in [0.05, 0.1) is 6.04 Å². The molecular weight excluding hydrogens is 478 g/mol. The van der Waals surface area contributed by atoms with E-state index in [1.54, 1.807) is 12.1 Å². The summed E-state index contributed by atoms with van der Waals surface area (Å²) in [5, 5.41) is 1.96. The van der Waals surface area contributed by atoms with Crippen LogP contribution >= 0.6 is 11.6 Å². The summed E-state index contributed by atoms with van der Waals surface area (Å²) in [6, 6.07) is 21.2. The minimum Gasteiger partial charge on any atom is -0.484 e. The highest BCUT2D eigenvalue weighted by molar-refractivity contribution is 6.31. The molecule has 1 atom stereocenters. The second kappa shape index (κ2) is 11.3. The normalized spacial score (nSPS) is 14.9. The lowest BCUT2D eigenvalue weighted by atomic mass is 9.93. The molecule has 0 spiro atoms. The van der Waals surface area contributed by atoms with E-state index in [4.69, 9.17) is 22.1 Å². The monoisotopic (exact) mass is 505 g/mol. The molecule has 1 aliphatic heterocycles. The van der Waals surface area contributed by atoms with E-state index in [-0.39, 0.29) is 12.6 Å². The van der Waals surface area contributed by atoms with Gasteiger partial charge in [-0.2, -0.15) is 0 Å². The number of ether oxygens (including phenoxy) is 2. The lowest BCUT2D eigenvalue weighted by Crippen LogP contribution is -2.32. The number of rotatable bonds is 6. The van der Waals surface area contributed by atoms with E-state index in [2.05, 4.69) is 21.7 Å². The molecule has 3 N–H and O–H groups in total. The van der Waals surface area contributed by atoms with Gasteiger partial charge >= 0.3 is 0 Å². The summed E-state index contributed by atoms with van der Waals surface area (Å²) < 4.78 is 9.94. The molecule has 1 amide bonds. The molecule has 1 aromatic heterocycles. The Morgan fingerprint density at radius 3 is 2.47 bits per heavy atom. The Hall–Kier alpha value is -3.81. The Morgan fingerprint density at radius 1 is 1.11 bits per heavy atom. The summed E-state index contributed by atoms with van der Waals surface area (Å²) in [7, 11) is 2.13. The van der Waals surface area contributed by atoms with Gasteiger partial charge in [0.2, 0.25) is 0 Å². The van der Waals surface area contributed by atoms with E-state index in [1.165, 1.54) is 16.6 Å². The van der Waals surface area contributed by atoms with Gasteiger partial charge < -0.3 is 20.2 Å². The number of hydrogen-bond donors (Lipinski definition) is 2. The SMILES string of the molecule is CN1CCc2c([nH]c3ccc(Cl)cc23)C1c1ccc(OCC(N)=O)cc1.Cc1ccc(OC=O)cc1. The molecule has 8 heteroatoms. The number of carbonyl (C=O) groups is 2. The van der Waals surface area contributed by atoms with E-state index >= 15 is 0 Å². The highest BCUT2D eigenvalue weighted by atomic mass is 35.5. The number of halogens is 1. The quantitative estimate of drug-likeness (QED) is 0.367. The molecule has 0 bridgehead atoms. The van der Waals surface area contributed by atoms with Gasteiger partial charge in [-0.05, 0) is 74.0 Å². The van der Waals surface area contributed by atoms with Crippen LogP contribution in [0.25, 0.3) is 10.9 Å². The number of aromatic nitrogens is 1. The van der Waals surface area contributed by atoms with Gasteiger partial charge in [-0.3, -0.25) is 14.5 Å². The number of nitrogens with one attached hydrogen (secondary N) is 1.